The van der Waals surface area contributed by atoms with Gasteiger partial charge in [-0.1, -0.05) is 6.07 Å². The van der Waals surface area contributed by atoms with Crippen molar-refractivity contribution in [1.82, 2.24) is 14.5 Å². The van der Waals surface area contributed by atoms with Gasteiger partial charge in [-0.15, -0.1) is 0 Å². The fourth-order valence-corrected chi connectivity index (χ4v) is 2.53. The van der Waals surface area contributed by atoms with Crippen LogP contribution in [0.15, 0.2) is 42.9 Å². The molecule has 0 unspecified atom stereocenters. The van der Waals surface area contributed by atoms with Crippen LogP contribution in [0.2, 0.25) is 0 Å². The average Bonchev–Trinajstić information content (AvgIpc) is 3.25. The van der Waals surface area contributed by atoms with Gasteiger partial charge < -0.3 is 9.88 Å². The molecule has 2 aromatic heterocycles. The van der Waals surface area contributed by atoms with Crippen molar-refractivity contribution in [3.8, 4) is 0 Å². The third-order valence-corrected chi connectivity index (χ3v) is 3.84. The number of rotatable bonds is 3. The van der Waals surface area contributed by atoms with Crippen molar-refractivity contribution >= 4 is 22.4 Å². The third kappa shape index (κ3) is 2.03. The van der Waals surface area contributed by atoms with Crippen LogP contribution in [0.5, 0.6) is 0 Å². The van der Waals surface area contributed by atoms with Crippen LogP contribution in [0.3, 0.4) is 0 Å². The van der Waals surface area contributed by atoms with E-state index in [1.54, 1.807) is 6.33 Å². The van der Waals surface area contributed by atoms with Gasteiger partial charge in [0.15, 0.2) is 0 Å². The van der Waals surface area contributed by atoms with Crippen molar-refractivity contribution in [1.29, 1.82) is 0 Å². The molecule has 1 saturated carbocycles. The van der Waals surface area contributed by atoms with Crippen molar-refractivity contribution in [2.75, 3.05) is 5.32 Å². The molecule has 4 rings (SSSR count). The molecule has 0 radical (unpaired) electrons. The minimum absolute atomic E-state index is 0.647. The number of hydrogen-bond donors (Lipinski definition) is 1. The van der Waals surface area contributed by atoms with Gasteiger partial charge in [-0.05, 0) is 36.4 Å². The van der Waals surface area contributed by atoms with Crippen molar-refractivity contribution in [3.63, 3.8) is 0 Å². The summed E-state index contributed by atoms with van der Waals surface area (Å²) in [4.78, 5) is 8.65. The smallest absolute Gasteiger partial charge is 0.134 e. The van der Waals surface area contributed by atoms with Crippen molar-refractivity contribution in [2.24, 2.45) is 7.05 Å². The van der Waals surface area contributed by atoms with Crippen LogP contribution >= 0.6 is 0 Å². The van der Waals surface area contributed by atoms with Crippen molar-refractivity contribution < 1.29 is 0 Å². The number of aromatic nitrogens is 3. The summed E-state index contributed by atoms with van der Waals surface area (Å²) in [5.41, 5.74) is 3.42. The molecule has 0 saturated heterocycles. The van der Waals surface area contributed by atoms with Gasteiger partial charge in [0.1, 0.15) is 12.1 Å². The van der Waals surface area contributed by atoms with E-state index in [9.17, 15) is 0 Å². The van der Waals surface area contributed by atoms with Gasteiger partial charge in [-0.2, -0.15) is 0 Å². The van der Waals surface area contributed by atoms with E-state index in [-0.39, 0.29) is 0 Å². The zero-order valence-electron chi connectivity index (χ0n) is 11.4. The maximum Gasteiger partial charge on any atom is 0.134 e. The third-order valence-electron chi connectivity index (χ3n) is 3.84. The fraction of sp³-hybridized carbons (Fsp3) is 0.250. The van der Waals surface area contributed by atoms with E-state index < -0.39 is 0 Å². The molecule has 100 valence electrons. The lowest BCUT2D eigenvalue weighted by Gasteiger charge is -2.07. The lowest BCUT2D eigenvalue weighted by molar-refractivity contribution is 0.969. The molecule has 1 N–H and O–H groups in total. The van der Waals surface area contributed by atoms with Gasteiger partial charge in [0, 0.05) is 42.1 Å². The molecule has 0 aliphatic heterocycles. The highest BCUT2D eigenvalue weighted by Gasteiger charge is 2.25. The van der Waals surface area contributed by atoms with E-state index in [1.807, 2.05) is 0 Å². The second kappa shape index (κ2) is 4.34. The molecule has 3 aromatic rings. The molecule has 20 heavy (non-hydrogen) atoms. The van der Waals surface area contributed by atoms with Crippen LogP contribution in [-0.4, -0.2) is 14.5 Å². The zero-order chi connectivity index (χ0) is 13.5. The molecule has 0 amide bonds. The van der Waals surface area contributed by atoms with Crippen LogP contribution < -0.4 is 5.32 Å². The first-order chi connectivity index (χ1) is 9.79. The highest BCUT2D eigenvalue weighted by atomic mass is 15.0. The fourth-order valence-electron chi connectivity index (χ4n) is 2.53. The summed E-state index contributed by atoms with van der Waals surface area (Å²) in [6.45, 7) is 0. The summed E-state index contributed by atoms with van der Waals surface area (Å²) in [6.07, 6.45) is 6.24. The van der Waals surface area contributed by atoms with Gasteiger partial charge in [0.25, 0.3) is 0 Å². The van der Waals surface area contributed by atoms with Gasteiger partial charge in [0.05, 0.1) is 0 Å². The van der Waals surface area contributed by atoms with Crippen molar-refractivity contribution in [2.45, 2.75) is 18.8 Å². The standard InChI is InChI=1S/C16H16N4/c1-20-7-6-12-4-5-13(8-15(12)20)19-16-9-14(11-2-3-11)17-10-18-16/h4-11H,2-3H2,1H3,(H,17,18,19). The zero-order valence-corrected chi connectivity index (χ0v) is 11.4. The second-order valence-electron chi connectivity index (χ2n) is 5.43. The van der Waals surface area contributed by atoms with Gasteiger partial charge >= 0.3 is 0 Å². The van der Waals surface area contributed by atoms with E-state index in [2.05, 4.69) is 63.4 Å². The first-order valence-electron chi connectivity index (χ1n) is 6.94. The molecule has 4 heteroatoms. The lowest BCUT2D eigenvalue weighted by Crippen LogP contribution is -1.97. The summed E-state index contributed by atoms with van der Waals surface area (Å²) in [6, 6.07) is 10.5. The molecule has 4 nitrogen and oxygen atoms in total. The molecule has 0 spiro atoms. The largest absolute Gasteiger partial charge is 0.350 e. The van der Waals surface area contributed by atoms with Gasteiger partial charge in [-0.25, -0.2) is 9.97 Å². The minimum Gasteiger partial charge on any atom is -0.350 e. The maximum absolute atomic E-state index is 4.34. The Kier molecular flexibility index (Phi) is 2.49. The Morgan fingerprint density at radius 2 is 2.05 bits per heavy atom. The Balaban J connectivity index is 1.66. The first-order valence-corrected chi connectivity index (χ1v) is 6.94. The predicted molar refractivity (Wildman–Crippen MR) is 80.2 cm³/mol. The van der Waals surface area contributed by atoms with E-state index in [0.29, 0.717) is 5.92 Å². The molecule has 0 atom stereocenters. The minimum atomic E-state index is 0.647. The number of hydrogen-bond acceptors (Lipinski definition) is 3. The molecular formula is C16H16N4. The molecule has 1 fully saturated rings. The lowest BCUT2D eigenvalue weighted by atomic mass is 10.2. The Morgan fingerprint density at radius 1 is 1.15 bits per heavy atom. The molecular weight excluding hydrogens is 248 g/mol. The SMILES string of the molecule is Cn1ccc2ccc(Nc3cc(C4CC4)ncn3)cc21. The number of benzene rings is 1. The van der Waals surface area contributed by atoms with Crippen LogP contribution in [0.25, 0.3) is 10.9 Å². The van der Waals surface area contributed by atoms with Gasteiger partial charge in [-0.3, -0.25) is 0 Å². The summed E-state index contributed by atoms with van der Waals surface area (Å²) >= 11 is 0. The highest BCUT2D eigenvalue weighted by molar-refractivity contribution is 5.84. The van der Waals surface area contributed by atoms with Gasteiger partial charge in [0.2, 0.25) is 0 Å². The number of fused-ring (bicyclic) bond motifs is 1. The molecule has 0 bridgehead atoms. The Bertz CT molecular complexity index is 771. The Hall–Kier alpha value is -2.36. The average molecular weight is 264 g/mol. The second-order valence-corrected chi connectivity index (χ2v) is 5.43. The monoisotopic (exact) mass is 264 g/mol. The number of aryl methyl sites for hydroxylation is 1. The Morgan fingerprint density at radius 3 is 2.90 bits per heavy atom. The number of anilines is 2. The van der Waals surface area contributed by atoms with E-state index in [4.69, 9.17) is 0 Å². The van der Waals surface area contributed by atoms with E-state index >= 15 is 0 Å². The normalized spacial score (nSPS) is 14.7. The molecule has 1 aromatic carbocycles. The quantitative estimate of drug-likeness (QED) is 0.786. The summed E-state index contributed by atoms with van der Waals surface area (Å²) in [7, 11) is 2.06. The predicted octanol–water partition coefficient (Wildman–Crippen LogP) is 3.59. The molecule has 1 aliphatic rings. The van der Waals surface area contributed by atoms with Crippen LogP contribution in [0, 0.1) is 0 Å². The van der Waals surface area contributed by atoms with Crippen LogP contribution in [0.4, 0.5) is 11.5 Å². The van der Waals surface area contributed by atoms with E-state index in [1.165, 1.54) is 23.7 Å². The summed E-state index contributed by atoms with van der Waals surface area (Å²) in [5.74, 6) is 1.52. The maximum atomic E-state index is 4.34. The van der Waals surface area contributed by atoms with E-state index in [0.717, 1.165) is 17.2 Å². The Labute approximate surface area is 117 Å². The van der Waals surface area contributed by atoms with Crippen molar-refractivity contribution in [3.05, 3.63) is 48.5 Å². The molecule has 2 heterocycles. The van der Waals surface area contributed by atoms with Crippen LogP contribution in [0.1, 0.15) is 24.5 Å². The number of nitrogens with one attached hydrogen (secondary N) is 1. The number of nitrogens with zero attached hydrogens (tertiary/aromatic N) is 3. The highest BCUT2D eigenvalue weighted by Crippen LogP contribution is 2.39. The summed E-state index contributed by atoms with van der Waals surface area (Å²) < 4.78 is 2.12. The topological polar surface area (TPSA) is 42.7 Å². The first kappa shape index (κ1) is 11.5. The van der Waals surface area contributed by atoms with Crippen LogP contribution in [-0.2, 0) is 7.05 Å². The summed E-state index contributed by atoms with van der Waals surface area (Å²) in [5, 5.41) is 4.62. The molecule has 1 aliphatic carbocycles.